The Labute approximate surface area is 86.7 Å². The summed E-state index contributed by atoms with van der Waals surface area (Å²) in [6.45, 7) is 5.93. The largest absolute Gasteiger partial charge is 2.00 e. The van der Waals surface area contributed by atoms with E-state index >= 15 is 0 Å². The number of halogens is 1. The molecule has 0 aliphatic carbocycles. The molecule has 9 heavy (non-hydrogen) atoms. The number of hydrogen-bond acceptors (Lipinski definition) is 0. The Balaban J connectivity index is -0.0000000417. The van der Waals surface area contributed by atoms with Gasteiger partial charge in [-0.2, -0.15) is 6.42 Å². The molecule has 0 spiro atoms. The first kappa shape index (κ1) is 22.5. The maximum Gasteiger partial charge on any atom is 2.00 e. The molecule has 0 radical (unpaired) electrons. The fourth-order valence-corrected chi connectivity index (χ4v) is 0.427. The van der Waals surface area contributed by atoms with Gasteiger partial charge in [0.05, 0.1) is 0 Å². The molecule has 0 bridgehead atoms. The summed E-state index contributed by atoms with van der Waals surface area (Å²) in [5.74, 6) is 0. The molecule has 0 nitrogen and oxygen atoms in total. The molecule has 2 heteroatoms. The van der Waals surface area contributed by atoms with E-state index in [1.165, 1.54) is 19.3 Å². The average molecular weight is 205 g/mol. The molecule has 0 N–H and O–H groups in total. The first-order valence-corrected chi connectivity index (χ1v) is 2.71. The van der Waals surface area contributed by atoms with Crippen LogP contribution in [0.5, 0.6) is 0 Å². The molecular formula is C7H17BrMg. The van der Waals surface area contributed by atoms with Gasteiger partial charge in [0, 0.05) is 0 Å². The van der Waals surface area contributed by atoms with Crippen LogP contribution in [-0.2, 0) is 0 Å². The molecule has 0 rings (SSSR count). The molecule has 0 aromatic carbocycles. The third-order valence-electron chi connectivity index (χ3n) is 0.854. The minimum Gasteiger partial charge on any atom is -0.358 e. The summed E-state index contributed by atoms with van der Waals surface area (Å²) in [7, 11) is 0. The summed E-state index contributed by atoms with van der Waals surface area (Å²) >= 11 is 0. The molecule has 0 heterocycles. The van der Waals surface area contributed by atoms with Gasteiger partial charge in [-0.1, -0.05) is 26.2 Å². The van der Waals surface area contributed by atoms with Crippen LogP contribution in [0.4, 0.5) is 0 Å². The molecule has 0 saturated heterocycles. The first-order chi connectivity index (χ1) is 2.91. The van der Waals surface area contributed by atoms with Gasteiger partial charge in [0.25, 0.3) is 0 Å². The van der Waals surface area contributed by atoms with Crippen molar-refractivity contribution in [2.75, 3.05) is 0 Å². The molecule has 0 aromatic heterocycles. The van der Waals surface area contributed by atoms with Crippen LogP contribution in [-0.4, -0.2) is 23.1 Å². The fraction of sp³-hybridized carbons (Fsp3) is 0.714. The maximum absolute atomic E-state index is 3.72. The summed E-state index contributed by atoms with van der Waals surface area (Å²) < 4.78 is 0. The van der Waals surface area contributed by atoms with Gasteiger partial charge in [0.1, 0.15) is 0 Å². The Morgan fingerprint density at radius 1 is 1.22 bits per heavy atom. The molecule has 0 saturated carbocycles. The molecule has 0 fully saturated rings. The Morgan fingerprint density at radius 3 is 1.78 bits per heavy atom. The second-order valence-corrected chi connectivity index (χ2v) is 1.56. The molecule has 0 amide bonds. The van der Waals surface area contributed by atoms with Crippen molar-refractivity contribution >= 4 is 40.0 Å². The predicted molar refractivity (Wildman–Crippen MR) is 52.0 cm³/mol. The van der Waals surface area contributed by atoms with Crippen LogP contribution >= 0.6 is 17.0 Å². The van der Waals surface area contributed by atoms with E-state index in [1.54, 1.807) is 0 Å². The van der Waals surface area contributed by atoms with Crippen molar-refractivity contribution in [3.05, 3.63) is 14.4 Å². The number of hydrogen-bond donors (Lipinski definition) is 0. The van der Waals surface area contributed by atoms with Crippen LogP contribution < -0.4 is 0 Å². The Hall–Kier alpha value is 1.25. The number of unbranched alkanes of at least 4 members (excludes halogenated alkanes) is 3. The minimum atomic E-state index is 0. The van der Waals surface area contributed by atoms with Crippen LogP contribution in [0, 0.1) is 14.4 Å². The van der Waals surface area contributed by atoms with Crippen molar-refractivity contribution in [3.63, 3.8) is 0 Å². The van der Waals surface area contributed by atoms with Gasteiger partial charge in [0.15, 0.2) is 0 Å². The summed E-state index contributed by atoms with van der Waals surface area (Å²) in [5, 5.41) is 0. The van der Waals surface area contributed by atoms with E-state index in [-0.39, 0.29) is 47.5 Å². The Morgan fingerprint density at radius 2 is 1.67 bits per heavy atom. The smallest absolute Gasteiger partial charge is 0.358 e. The fourth-order valence-electron chi connectivity index (χ4n) is 0.427. The van der Waals surface area contributed by atoms with E-state index in [0.29, 0.717) is 0 Å². The molecule has 0 aliphatic rings. The van der Waals surface area contributed by atoms with E-state index in [2.05, 4.69) is 13.8 Å². The maximum atomic E-state index is 3.72. The van der Waals surface area contributed by atoms with Crippen LogP contribution in [0.15, 0.2) is 0 Å². The zero-order chi connectivity index (χ0) is 4.83. The Bertz CT molecular complexity index is 20.9. The van der Waals surface area contributed by atoms with Gasteiger partial charge in [-0.15, -0.1) is 17.0 Å². The van der Waals surface area contributed by atoms with Crippen LogP contribution in [0.2, 0.25) is 0 Å². The standard InChI is InChI=1S/C6H13.CH3.BrH.Mg/c1-3-5-6-4-2;;;/h1,3-6H2,2H3;1H3;1H;/q2*-1;;+2. The van der Waals surface area contributed by atoms with E-state index in [1.807, 2.05) is 0 Å². The zero-order valence-electron chi connectivity index (χ0n) is 6.65. The zero-order valence-corrected chi connectivity index (χ0v) is 9.78. The van der Waals surface area contributed by atoms with Crippen LogP contribution in [0.3, 0.4) is 0 Å². The summed E-state index contributed by atoms with van der Waals surface area (Å²) in [4.78, 5) is 0. The van der Waals surface area contributed by atoms with Crippen molar-refractivity contribution in [2.24, 2.45) is 0 Å². The monoisotopic (exact) mass is 204 g/mol. The molecule has 0 aromatic rings. The molecule has 54 valence electrons. The second kappa shape index (κ2) is 22.8. The number of rotatable bonds is 3. The average Bonchev–Trinajstić information content (AvgIpc) is 1.61. The van der Waals surface area contributed by atoms with E-state index < -0.39 is 0 Å². The third-order valence-corrected chi connectivity index (χ3v) is 0.854. The SMILES string of the molecule is Br.[CH2-]CCCCC.[CH3-].[Mg+2]. The second-order valence-electron chi connectivity index (χ2n) is 1.56. The van der Waals surface area contributed by atoms with E-state index in [9.17, 15) is 0 Å². The first-order valence-electron chi connectivity index (χ1n) is 2.71. The van der Waals surface area contributed by atoms with Gasteiger partial charge < -0.3 is 14.4 Å². The van der Waals surface area contributed by atoms with E-state index in [4.69, 9.17) is 0 Å². The summed E-state index contributed by atoms with van der Waals surface area (Å²) in [5.41, 5.74) is 0. The van der Waals surface area contributed by atoms with Gasteiger partial charge in [-0.05, 0) is 0 Å². The minimum absolute atomic E-state index is 0. The quantitative estimate of drug-likeness (QED) is 0.377. The van der Waals surface area contributed by atoms with Crippen molar-refractivity contribution in [3.8, 4) is 0 Å². The van der Waals surface area contributed by atoms with E-state index in [0.717, 1.165) is 6.42 Å². The predicted octanol–water partition coefficient (Wildman–Crippen LogP) is 3.05. The third kappa shape index (κ3) is 26.9. The molecule has 0 aliphatic heterocycles. The van der Waals surface area contributed by atoms with Crippen molar-refractivity contribution in [1.82, 2.24) is 0 Å². The Kier molecular flexibility index (Phi) is 57.0. The van der Waals surface area contributed by atoms with Crippen molar-refractivity contribution in [1.29, 1.82) is 0 Å². The molecular weight excluding hydrogens is 188 g/mol. The topological polar surface area (TPSA) is 0 Å². The molecule has 0 atom stereocenters. The summed E-state index contributed by atoms with van der Waals surface area (Å²) in [6.07, 6.45) is 5.07. The van der Waals surface area contributed by atoms with Gasteiger partial charge in [0.2, 0.25) is 0 Å². The van der Waals surface area contributed by atoms with Gasteiger partial charge >= 0.3 is 23.1 Å². The molecule has 0 unspecified atom stereocenters. The summed E-state index contributed by atoms with van der Waals surface area (Å²) in [6, 6.07) is 0. The normalized spacial score (nSPS) is 6.00. The van der Waals surface area contributed by atoms with Gasteiger partial charge in [-0.25, -0.2) is 0 Å². The van der Waals surface area contributed by atoms with Crippen LogP contribution in [0.25, 0.3) is 0 Å². The van der Waals surface area contributed by atoms with Crippen molar-refractivity contribution in [2.45, 2.75) is 32.6 Å². The van der Waals surface area contributed by atoms with Gasteiger partial charge in [-0.3, -0.25) is 0 Å². The van der Waals surface area contributed by atoms with Crippen molar-refractivity contribution < 1.29 is 0 Å². The van der Waals surface area contributed by atoms with Crippen LogP contribution in [0.1, 0.15) is 32.6 Å².